The molecular formula is C10H11ClN2OS. The number of aryl methyl sites for hydroxylation is 1. The topological polar surface area (TPSA) is 38.1 Å². The van der Waals surface area contributed by atoms with Crippen molar-refractivity contribution >= 4 is 28.1 Å². The summed E-state index contributed by atoms with van der Waals surface area (Å²) in [5.41, 5.74) is 0. The second-order valence-electron chi connectivity index (χ2n) is 3.29. The van der Waals surface area contributed by atoms with E-state index in [9.17, 15) is 0 Å². The summed E-state index contributed by atoms with van der Waals surface area (Å²) in [4.78, 5) is 4.11. The molecule has 1 atom stereocenters. The number of thiazole rings is 1. The second-order valence-corrected chi connectivity index (χ2v) is 4.54. The molecule has 15 heavy (non-hydrogen) atoms. The highest BCUT2D eigenvalue weighted by molar-refractivity contribution is 7.14. The molecule has 0 aliphatic carbocycles. The van der Waals surface area contributed by atoms with Crippen LogP contribution in [0.5, 0.6) is 0 Å². The predicted octanol–water partition coefficient (Wildman–Crippen LogP) is 3.87. The minimum Gasteiger partial charge on any atom is -0.464 e. The summed E-state index contributed by atoms with van der Waals surface area (Å²) in [7, 11) is 0. The molecule has 80 valence electrons. The molecule has 1 N–H and O–H groups in total. The average Bonchev–Trinajstić information content (AvgIpc) is 2.75. The molecule has 2 aromatic heterocycles. The largest absolute Gasteiger partial charge is 0.464 e. The second kappa shape index (κ2) is 4.24. The summed E-state index contributed by atoms with van der Waals surface area (Å²) in [5.74, 6) is 1.81. The first kappa shape index (κ1) is 10.5. The molecule has 0 saturated carbocycles. The Kier molecular flexibility index (Phi) is 2.98. The lowest BCUT2D eigenvalue weighted by atomic mass is 10.2. The van der Waals surface area contributed by atoms with Gasteiger partial charge in [0.25, 0.3) is 0 Å². The Balaban J connectivity index is 2.06. The number of furan rings is 1. The Morgan fingerprint density at radius 1 is 1.53 bits per heavy atom. The average molecular weight is 243 g/mol. The number of rotatable bonds is 3. The summed E-state index contributed by atoms with van der Waals surface area (Å²) in [6, 6.07) is 4.01. The van der Waals surface area contributed by atoms with E-state index in [0.29, 0.717) is 5.15 Å². The highest BCUT2D eigenvalue weighted by Gasteiger charge is 2.10. The van der Waals surface area contributed by atoms with Gasteiger partial charge in [0, 0.05) is 5.38 Å². The number of anilines is 1. The third-order valence-electron chi connectivity index (χ3n) is 2.00. The molecule has 0 bridgehead atoms. The molecule has 0 spiro atoms. The molecule has 0 fully saturated rings. The van der Waals surface area contributed by atoms with E-state index in [-0.39, 0.29) is 6.04 Å². The third kappa shape index (κ3) is 2.52. The van der Waals surface area contributed by atoms with E-state index in [1.54, 1.807) is 5.38 Å². The van der Waals surface area contributed by atoms with Crippen LogP contribution in [0.3, 0.4) is 0 Å². The SMILES string of the molecule is Cc1ccc(C(C)Nc2nc(Cl)cs2)o1. The Morgan fingerprint density at radius 2 is 2.33 bits per heavy atom. The van der Waals surface area contributed by atoms with Gasteiger partial charge in [-0.1, -0.05) is 11.6 Å². The molecule has 2 rings (SSSR count). The summed E-state index contributed by atoms with van der Waals surface area (Å²) in [6.07, 6.45) is 0. The van der Waals surface area contributed by atoms with Crippen molar-refractivity contribution in [3.63, 3.8) is 0 Å². The standard InChI is InChI=1S/C10H11ClN2OS/c1-6-3-4-8(14-6)7(2)12-10-13-9(11)5-15-10/h3-5,7H,1-2H3,(H,12,13). The number of nitrogens with one attached hydrogen (secondary N) is 1. The Morgan fingerprint density at radius 3 is 2.87 bits per heavy atom. The monoisotopic (exact) mass is 242 g/mol. The lowest BCUT2D eigenvalue weighted by Gasteiger charge is -2.09. The van der Waals surface area contributed by atoms with Crippen LogP contribution in [0.1, 0.15) is 24.5 Å². The first-order chi connectivity index (χ1) is 7.15. The minimum absolute atomic E-state index is 0.0981. The van der Waals surface area contributed by atoms with Gasteiger partial charge in [-0.25, -0.2) is 4.98 Å². The number of hydrogen-bond acceptors (Lipinski definition) is 4. The first-order valence-electron chi connectivity index (χ1n) is 4.59. The van der Waals surface area contributed by atoms with E-state index < -0.39 is 0 Å². The lowest BCUT2D eigenvalue weighted by molar-refractivity contribution is 0.467. The van der Waals surface area contributed by atoms with Gasteiger partial charge < -0.3 is 9.73 Å². The first-order valence-corrected chi connectivity index (χ1v) is 5.85. The highest BCUT2D eigenvalue weighted by atomic mass is 35.5. The zero-order valence-electron chi connectivity index (χ0n) is 8.45. The van der Waals surface area contributed by atoms with Crippen LogP contribution < -0.4 is 5.32 Å². The number of nitrogens with zero attached hydrogens (tertiary/aromatic N) is 1. The smallest absolute Gasteiger partial charge is 0.184 e. The van der Waals surface area contributed by atoms with E-state index in [1.165, 1.54) is 11.3 Å². The van der Waals surface area contributed by atoms with Crippen LogP contribution in [-0.2, 0) is 0 Å². The quantitative estimate of drug-likeness (QED) is 0.888. The van der Waals surface area contributed by atoms with Crippen molar-refractivity contribution in [3.8, 4) is 0 Å². The maximum absolute atomic E-state index is 5.73. The van der Waals surface area contributed by atoms with Crippen LogP contribution in [0.2, 0.25) is 5.15 Å². The molecule has 3 nitrogen and oxygen atoms in total. The minimum atomic E-state index is 0.0981. The van der Waals surface area contributed by atoms with Crippen LogP contribution >= 0.6 is 22.9 Å². The van der Waals surface area contributed by atoms with Gasteiger partial charge >= 0.3 is 0 Å². The van der Waals surface area contributed by atoms with Gasteiger partial charge in [-0.3, -0.25) is 0 Å². The van der Waals surface area contributed by atoms with Crippen molar-refractivity contribution in [1.82, 2.24) is 4.98 Å². The molecular weight excluding hydrogens is 232 g/mol. The molecule has 2 aromatic rings. The fraction of sp³-hybridized carbons (Fsp3) is 0.300. The zero-order valence-corrected chi connectivity index (χ0v) is 10.0. The Hall–Kier alpha value is -1.00. The molecule has 0 aliphatic rings. The highest BCUT2D eigenvalue weighted by Crippen LogP contribution is 2.25. The van der Waals surface area contributed by atoms with Gasteiger partial charge in [-0.05, 0) is 26.0 Å². The van der Waals surface area contributed by atoms with Crippen LogP contribution in [-0.4, -0.2) is 4.98 Å². The fourth-order valence-corrected chi connectivity index (χ4v) is 2.19. The summed E-state index contributed by atoms with van der Waals surface area (Å²) in [6.45, 7) is 3.95. The van der Waals surface area contributed by atoms with E-state index in [0.717, 1.165) is 16.7 Å². The van der Waals surface area contributed by atoms with Crippen LogP contribution in [0.15, 0.2) is 21.9 Å². The van der Waals surface area contributed by atoms with Crippen molar-refractivity contribution in [2.75, 3.05) is 5.32 Å². The van der Waals surface area contributed by atoms with Crippen molar-refractivity contribution in [1.29, 1.82) is 0 Å². The van der Waals surface area contributed by atoms with Crippen molar-refractivity contribution in [3.05, 3.63) is 34.2 Å². The molecule has 0 saturated heterocycles. The predicted molar refractivity (Wildman–Crippen MR) is 62.6 cm³/mol. The van der Waals surface area contributed by atoms with E-state index in [1.807, 2.05) is 26.0 Å². The van der Waals surface area contributed by atoms with E-state index in [2.05, 4.69) is 10.3 Å². The molecule has 0 amide bonds. The zero-order chi connectivity index (χ0) is 10.8. The maximum Gasteiger partial charge on any atom is 0.184 e. The van der Waals surface area contributed by atoms with E-state index in [4.69, 9.17) is 16.0 Å². The molecule has 1 unspecified atom stereocenters. The maximum atomic E-state index is 5.73. The molecule has 0 aromatic carbocycles. The number of halogens is 1. The third-order valence-corrected chi connectivity index (χ3v) is 3.10. The van der Waals surface area contributed by atoms with Gasteiger partial charge in [-0.2, -0.15) is 0 Å². The molecule has 0 radical (unpaired) electrons. The Bertz CT molecular complexity index is 452. The normalized spacial score (nSPS) is 12.7. The number of aromatic nitrogens is 1. The molecule has 5 heteroatoms. The van der Waals surface area contributed by atoms with Gasteiger partial charge in [0.2, 0.25) is 0 Å². The number of hydrogen-bond donors (Lipinski definition) is 1. The summed E-state index contributed by atoms with van der Waals surface area (Å²) >= 11 is 7.21. The van der Waals surface area contributed by atoms with Crippen molar-refractivity contribution < 1.29 is 4.42 Å². The fourth-order valence-electron chi connectivity index (χ4n) is 1.26. The van der Waals surface area contributed by atoms with Crippen molar-refractivity contribution in [2.45, 2.75) is 19.9 Å². The van der Waals surface area contributed by atoms with E-state index >= 15 is 0 Å². The lowest BCUT2D eigenvalue weighted by Crippen LogP contribution is -2.04. The van der Waals surface area contributed by atoms with Gasteiger partial charge in [0.15, 0.2) is 5.13 Å². The van der Waals surface area contributed by atoms with Gasteiger partial charge in [0.1, 0.15) is 16.7 Å². The van der Waals surface area contributed by atoms with Crippen molar-refractivity contribution in [2.24, 2.45) is 0 Å². The summed E-state index contributed by atoms with van der Waals surface area (Å²) < 4.78 is 5.51. The molecule has 0 aliphatic heterocycles. The van der Waals surface area contributed by atoms with Crippen LogP contribution in [0.4, 0.5) is 5.13 Å². The molecule has 2 heterocycles. The van der Waals surface area contributed by atoms with Gasteiger partial charge in [0.05, 0.1) is 6.04 Å². The van der Waals surface area contributed by atoms with Crippen LogP contribution in [0.25, 0.3) is 0 Å². The Labute approximate surface area is 97.1 Å². The summed E-state index contributed by atoms with van der Waals surface area (Å²) in [5, 5.41) is 6.34. The van der Waals surface area contributed by atoms with Crippen LogP contribution in [0, 0.1) is 6.92 Å². The van der Waals surface area contributed by atoms with Gasteiger partial charge in [-0.15, -0.1) is 11.3 Å².